The third-order valence-electron chi connectivity index (χ3n) is 5.16. The Morgan fingerprint density at radius 1 is 1.27 bits per heavy atom. The molecule has 1 saturated heterocycles. The summed E-state index contributed by atoms with van der Waals surface area (Å²) >= 11 is 0. The minimum atomic E-state index is -0.673. The van der Waals surface area contributed by atoms with Crippen LogP contribution in [0, 0.1) is 5.41 Å². The van der Waals surface area contributed by atoms with Crippen LogP contribution in [-0.2, 0) is 20.9 Å². The Hall–Kier alpha value is -2.37. The highest BCUT2D eigenvalue weighted by Crippen LogP contribution is 2.46. The van der Waals surface area contributed by atoms with Crippen LogP contribution in [0.15, 0.2) is 42.2 Å². The average Bonchev–Trinajstić information content (AvgIpc) is 3.03. The van der Waals surface area contributed by atoms with Gasteiger partial charge in [-0.25, -0.2) is 14.0 Å². The fraction of sp³-hybridized carbons (Fsp3) is 0.500. The van der Waals surface area contributed by atoms with Crippen LogP contribution in [0.5, 0.6) is 0 Å². The van der Waals surface area contributed by atoms with Crippen LogP contribution in [0.4, 0.5) is 9.18 Å². The molecule has 3 rings (SSSR count). The molecular formula is C20H24FNO4. The topological polar surface area (TPSA) is 55.8 Å². The Bertz CT molecular complexity index is 690. The van der Waals surface area contributed by atoms with E-state index in [4.69, 9.17) is 9.47 Å². The minimum absolute atomic E-state index is 0.117. The molecule has 0 radical (unpaired) electrons. The maximum Gasteiger partial charge on any atom is 0.410 e. The number of hydrogen-bond donors (Lipinski definition) is 0. The number of nitrogens with zero attached hydrogens (tertiary/aromatic N) is 1. The summed E-state index contributed by atoms with van der Waals surface area (Å²) in [5.41, 5.74) is 0.601. The third-order valence-corrected chi connectivity index (χ3v) is 5.16. The summed E-state index contributed by atoms with van der Waals surface area (Å²) in [6.07, 6.45) is 3.02. The van der Waals surface area contributed by atoms with E-state index in [1.54, 1.807) is 13.0 Å². The first-order chi connectivity index (χ1) is 12.5. The van der Waals surface area contributed by atoms with Crippen molar-refractivity contribution in [3.63, 3.8) is 0 Å². The number of carbonyl (C=O) groups excluding carboxylic acids is 2. The van der Waals surface area contributed by atoms with Crippen LogP contribution in [0.1, 0.15) is 38.2 Å². The summed E-state index contributed by atoms with van der Waals surface area (Å²) in [5.74, 6) is -0.538. The first-order valence-electron chi connectivity index (χ1n) is 9.01. The molecular weight excluding hydrogens is 337 g/mol. The SMILES string of the molecule is CCOC(=O)[C@@H]1CC2(CC=C(F)CC2)CN1C(=O)OCc1ccccc1. The molecule has 2 atom stereocenters. The molecule has 1 aromatic carbocycles. The maximum atomic E-state index is 13.4. The molecule has 1 unspecified atom stereocenters. The van der Waals surface area contributed by atoms with Crippen LogP contribution in [0.2, 0.25) is 0 Å². The molecule has 1 fully saturated rings. The molecule has 0 N–H and O–H groups in total. The van der Waals surface area contributed by atoms with Gasteiger partial charge < -0.3 is 9.47 Å². The molecule has 1 aliphatic carbocycles. The summed E-state index contributed by atoms with van der Waals surface area (Å²) in [6.45, 7) is 2.52. The van der Waals surface area contributed by atoms with Gasteiger partial charge in [0, 0.05) is 6.54 Å². The van der Waals surface area contributed by atoms with E-state index in [0.717, 1.165) is 5.56 Å². The van der Waals surface area contributed by atoms with E-state index in [1.165, 1.54) is 4.90 Å². The summed E-state index contributed by atoms with van der Waals surface area (Å²) in [6, 6.07) is 8.71. The monoisotopic (exact) mass is 361 g/mol. The van der Waals surface area contributed by atoms with E-state index in [-0.39, 0.29) is 24.5 Å². The van der Waals surface area contributed by atoms with Gasteiger partial charge in [-0.15, -0.1) is 0 Å². The molecule has 1 amide bonds. The van der Waals surface area contributed by atoms with Gasteiger partial charge in [-0.05, 0) is 43.6 Å². The molecule has 1 heterocycles. The highest BCUT2D eigenvalue weighted by Gasteiger charge is 2.50. The van der Waals surface area contributed by atoms with Crippen molar-refractivity contribution >= 4 is 12.1 Å². The van der Waals surface area contributed by atoms with Crippen molar-refractivity contribution in [2.45, 2.75) is 45.3 Å². The second-order valence-electron chi connectivity index (χ2n) is 7.00. The first-order valence-corrected chi connectivity index (χ1v) is 9.01. The smallest absolute Gasteiger partial charge is 0.410 e. The van der Waals surface area contributed by atoms with Crippen molar-refractivity contribution in [1.82, 2.24) is 4.90 Å². The van der Waals surface area contributed by atoms with Crippen molar-refractivity contribution in [2.75, 3.05) is 13.2 Å². The zero-order chi connectivity index (χ0) is 18.6. The molecule has 140 valence electrons. The number of esters is 1. The van der Waals surface area contributed by atoms with Crippen LogP contribution in [0.3, 0.4) is 0 Å². The van der Waals surface area contributed by atoms with Crippen LogP contribution in [0.25, 0.3) is 0 Å². The Labute approximate surface area is 152 Å². The second-order valence-corrected chi connectivity index (χ2v) is 7.00. The van der Waals surface area contributed by atoms with Crippen LogP contribution >= 0.6 is 0 Å². The predicted molar refractivity (Wildman–Crippen MR) is 93.8 cm³/mol. The number of likely N-dealkylation sites (tertiary alicyclic amines) is 1. The lowest BCUT2D eigenvalue weighted by molar-refractivity contribution is -0.148. The fourth-order valence-corrected chi connectivity index (χ4v) is 3.74. The number of halogens is 1. The lowest BCUT2D eigenvalue weighted by Crippen LogP contribution is -2.42. The lowest BCUT2D eigenvalue weighted by Gasteiger charge is -2.30. The molecule has 5 nitrogen and oxygen atoms in total. The Balaban J connectivity index is 1.71. The highest BCUT2D eigenvalue weighted by atomic mass is 19.1. The van der Waals surface area contributed by atoms with Crippen molar-refractivity contribution in [1.29, 1.82) is 0 Å². The maximum absolute atomic E-state index is 13.4. The summed E-state index contributed by atoms with van der Waals surface area (Å²) in [5, 5.41) is 0. The van der Waals surface area contributed by atoms with Crippen molar-refractivity contribution < 1.29 is 23.5 Å². The van der Waals surface area contributed by atoms with E-state index in [1.807, 2.05) is 30.3 Å². The number of amides is 1. The molecule has 1 aromatic rings. The van der Waals surface area contributed by atoms with Gasteiger partial charge in [0.25, 0.3) is 0 Å². The van der Waals surface area contributed by atoms with Gasteiger partial charge in [-0.3, -0.25) is 4.90 Å². The molecule has 26 heavy (non-hydrogen) atoms. The number of rotatable bonds is 4. The number of allylic oxidation sites excluding steroid dienone is 2. The lowest BCUT2D eigenvalue weighted by atomic mass is 9.75. The standard InChI is InChI=1S/C20H24FNO4/c1-2-25-18(23)17-12-20(10-8-16(21)9-11-20)14-22(17)19(24)26-13-15-6-4-3-5-7-15/h3-8,17H,2,9-14H2,1H3/t17-,20?/m0/s1. The zero-order valence-corrected chi connectivity index (χ0v) is 14.9. The second kappa shape index (κ2) is 7.89. The molecule has 0 saturated carbocycles. The summed E-state index contributed by atoms with van der Waals surface area (Å²) < 4.78 is 24.0. The highest BCUT2D eigenvalue weighted by molar-refractivity contribution is 5.82. The van der Waals surface area contributed by atoms with Crippen LogP contribution < -0.4 is 0 Å². The van der Waals surface area contributed by atoms with Gasteiger partial charge in [-0.2, -0.15) is 0 Å². The van der Waals surface area contributed by atoms with Crippen molar-refractivity contribution in [2.24, 2.45) is 5.41 Å². The van der Waals surface area contributed by atoms with Gasteiger partial charge in [0.05, 0.1) is 12.4 Å². The largest absolute Gasteiger partial charge is 0.464 e. The van der Waals surface area contributed by atoms with Gasteiger partial charge in [0.2, 0.25) is 0 Å². The summed E-state index contributed by atoms with van der Waals surface area (Å²) in [7, 11) is 0. The summed E-state index contributed by atoms with van der Waals surface area (Å²) in [4.78, 5) is 26.5. The Kier molecular flexibility index (Phi) is 5.59. The van der Waals surface area contributed by atoms with E-state index < -0.39 is 18.1 Å². The molecule has 0 bridgehead atoms. The minimum Gasteiger partial charge on any atom is -0.464 e. The Morgan fingerprint density at radius 3 is 2.69 bits per heavy atom. The molecule has 1 spiro atoms. The Morgan fingerprint density at radius 2 is 2.04 bits per heavy atom. The number of hydrogen-bond acceptors (Lipinski definition) is 4. The number of benzene rings is 1. The molecule has 6 heteroatoms. The zero-order valence-electron chi connectivity index (χ0n) is 14.9. The van der Waals surface area contributed by atoms with Gasteiger partial charge in [0.1, 0.15) is 12.6 Å². The quantitative estimate of drug-likeness (QED) is 0.761. The van der Waals surface area contributed by atoms with Crippen LogP contribution in [-0.4, -0.2) is 36.2 Å². The molecule has 1 aliphatic heterocycles. The predicted octanol–water partition coefficient (Wildman–Crippen LogP) is 3.98. The third kappa shape index (κ3) is 4.06. The fourth-order valence-electron chi connectivity index (χ4n) is 3.74. The van der Waals surface area contributed by atoms with E-state index in [9.17, 15) is 14.0 Å². The van der Waals surface area contributed by atoms with E-state index in [0.29, 0.717) is 32.2 Å². The number of carbonyl (C=O) groups is 2. The van der Waals surface area contributed by atoms with Gasteiger partial charge >= 0.3 is 12.1 Å². The van der Waals surface area contributed by atoms with Crippen molar-refractivity contribution in [3.8, 4) is 0 Å². The van der Waals surface area contributed by atoms with E-state index in [2.05, 4.69) is 0 Å². The van der Waals surface area contributed by atoms with E-state index >= 15 is 0 Å². The molecule has 0 aromatic heterocycles. The van der Waals surface area contributed by atoms with Gasteiger partial charge in [-0.1, -0.05) is 36.4 Å². The molecule has 2 aliphatic rings. The number of ether oxygens (including phenoxy) is 2. The van der Waals surface area contributed by atoms with Crippen molar-refractivity contribution in [3.05, 3.63) is 47.8 Å². The normalized spacial score (nSPS) is 25.1. The average molecular weight is 361 g/mol. The van der Waals surface area contributed by atoms with Gasteiger partial charge in [0.15, 0.2) is 0 Å². The first kappa shape index (κ1) is 18.4.